The van der Waals surface area contributed by atoms with Crippen LogP contribution in [-0.4, -0.2) is 12.2 Å². The van der Waals surface area contributed by atoms with E-state index in [1.165, 1.54) is 12.1 Å². The van der Waals surface area contributed by atoms with Crippen LogP contribution in [0.25, 0.3) is 0 Å². The zero-order valence-electron chi connectivity index (χ0n) is 9.08. The van der Waals surface area contributed by atoms with Gasteiger partial charge in [-0.3, -0.25) is 0 Å². The first-order valence-electron chi connectivity index (χ1n) is 4.72. The number of benzene rings is 1. The van der Waals surface area contributed by atoms with Gasteiger partial charge < -0.3 is 11.5 Å². The van der Waals surface area contributed by atoms with Crippen molar-refractivity contribution in [3.63, 3.8) is 0 Å². The lowest BCUT2D eigenvalue weighted by Gasteiger charge is -2.11. The van der Waals surface area contributed by atoms with Gasteiger partial charge in [0, 0.05) is 5.33 Å². The van der Waals surface area contributed by atoms with E-state index in [2.05, 4.69) is 26.1 Å². The van der Waals surface area contributed by atoms with E-state index < -0.39 is 11.7 Å². The standard InChI is InChI=1S/C10H10BrF3N4/c11-4-7-2-1-6(5-17-18-9(15)16)3-8(7)10(12,13)14/h1-3,5H,4H2,(H4,15,16,18). The number of guanidine groups is 1. The van der Waals surface area contributed by atoms with Crippen molar-refractivity contribution in [1.82, 2.24) is 0 Å². The zero-order chi connectivity index (χ0) is 13.8. The number of hydrogen-bond donors (Lipinski definition) is 2. The third kappa shape index (κ3) is 4.02. The Morgan fingerprint density at radius 2 is 2.00 bits per heavy atom. The maximum Gasteiger partial charge on any atom is 0.416 e. The Kier molecular flexibility index (Phi) is 4.71. The van der Waals surface area contributed by atoms with Gasteiger partial charge in [-0.05, 0) is 17.2 Å². The lowest BCUT2D eigenvalue weighted by atomic mass is 10.1. The minimum atomic E-state index is -4.41. The van der Waals surface area contributed by atoms with E-state index in [9.17, 15) is 13.2 Å². The molecule has 0 bridgehead atoms. The molecule has 18 heavy (non-hydrogen) atoms. The van der Waals surface area contributed by atoms with Crippen LogP contribution in [0.1, 0.15) is 16.7 Å². The zero-order valence-corrected chi connectivity index (χ0v) is 10.7. The first-order chi connectivity index (χ1) is 8.34. The van der Waals surface area contributed by atoms with Gasteiger partial charge >= 0.3 is 6.18 Å². The summed E-state index contributed by atoms with van der Waals surface area (Å²) in [4.78, 5) is 0. The fraction of sp³-hybridized carbons (Fsp3) is 0.200. The summed E-state index contributed by atoms with van der Waals surface area (Å²) >= 11 is 3.01. The van der Waals surface area contributed by atoms with Crippen LogP contribution < -0.4 is 11.5 Å². The number of hydrogen-bond acceptors (Lipinski definition) is 2. The Balaban J connectivity index is 3.11. The Morgan fingerprint density at radius 1 is 1.33 bits per heavy atom. The lowest BCUT2D eigenvalue weighted by molar-refractivity contribution is -0.138. The topological polar surface area (TPSA) is 76.8 Å². The Hall–Kier alpha value is -1.57. The van der Waals surface area contributed by atoms with Gasteiger partial charge in [-0.25, -0.2) is 0 Å². The van der Waals surface area contributed by atoms with Crippen molar-refractivity contribution in [2.75, 3.05) is 0 Å². The minimum Gasteiger partial charge on any atom is -0.369 e. The largest absolute Gasteiger partial charge is 0.416 e. The molecule has 0 atom stereocenters. The van der Waals surface area contributed by atoms with Gasteiger partial charge in [-0.1, -0.05) is 28.1 Å². The van der Waals surface area contributed by atoms with E-state index >= 15 is 0 Å². The predicted molar refractivity (Wildman–Crippen MR) is 67.5 cm³/mol. The number of nitrogens with zero attached hydrogens (tertiary/aromatic N) is 2. The summed E-state index contributed by atoms with van der Waals surface area (Å²) in [6.45, 7) is 0. The smallest absolute Gasteiger partial charge is 0.369 e. The molecule has 0 radical (unpaired) electrons. The van der Waals surface area contributed by atoms with Crippen LogP contribution in [0.4, 0.5) is 13.2 Å². The lowest BCUT2D eigenvalue weighted by Crippen LogP contribution is -2.21. The first-order valence-corrected chi connectivity index (χ1v) is 5.85. The molecule has 8 heteroatoms. The van der Waals surface area contributed by atoms with Crippen molar-refractivity contribution in [1.29, 1.82) is 0 Å². The molecular formula is C10H10BrF3N4. The SMILES string of the molecule is NC(N)=NN=Cc1ccc(CBr)c(C(F)(F)F)c1. The van der Waals surface area contributed by atoms with Crippen molar-refractivity contribution in [2.24, 2.45) is 21.7 Å². The van der Waals surface area contributed by atoms with Crippen LogP contribution >= 0.6 is 15.9 Å². The van der Waals surface area contributed by atoms with E-state index in [1.54, 1.807) is 0 Å². The molecule has 0 saturated heterocycles. The van der Waals surface area contributed by atoms with Gasteiger partial charge in [0.25, 0.3) is 0 Å². The van der Waals surface area contributed by atoms with Crippen LogP contribution in [0.2, 0.25) is 0 Å². The number of nitrogens with two attached hydrogens (primary N) is 2. The van der Waals surface area contributed by atoms with Crippen LogP contribution in [0.15, 0.2) is 28.4 Å². The van der Waals surface area contributed by atoms with Crippen molar-refractivity contribution in [3.8, 4) is 0 Å². The average Bonchev–Trinajstić information content (AvgIpc) is 2.27. The second-order valence-corrected chi connectivity index (χ2v) is 3.88. The molecule has 0 saturated carbocycles. The Bertz CT molecular complexity index is 479. The van der Waals surface area contributed by atoms with Gasteiger partial charge in [0.1, 0.15) is 0 Å². The molecule has 98 valence electrons. The quantitative estimate of drug-likeness (QED) is 0.387. The van der Waals surface area contributed by atoms with Gasteiger partial charge in [0.15, 0.2) is 0 Å². The molecule has 1 aromatic rings. The molecule has 1 aromatic carbocycles. The van der Waals surface area contributed by atoms with Crippen LogP contribution in [0, 0.1) is 0 Å². The van der Waals surface area contributed by atoms with E-state index in [4.69, 9.17) is 11.5 Å². The molecule has 0 unspecified atom stereocenters. The van der Waals surface area contributed by atoms with Crippen LogP contribution in [0.5, 0.6) is 0 Å². The van der Waals surface area contributed by atoms with Crippen molar-refractivity contribution < 1.29 is 13.2 Å². The highest BCUT2D eigenvalue weighted by Gasteiger charge is 2.33. The van der Waals surface area contributed by atoms with Crippen LogP contribution in [-0.2, 0) is 11.5 Å². The maximum atomic E-state index is 12.7. The number of rotatable bonds is 3. The van der Waals surface area contributed by atoms with Crippen molar-refractivity contribution in [3.05, 3.63) is 34.9 Å². The summed E-state index contributed by atoms with van der Waals surface area (Å²) < 4.78 is 38.2. The minimum absolute atomic E-state index is 0.118. The second kappa shape index (κ2) is 5.85. The Labute approximate surface area is 110 Å². The molecule has 0 spiro atoms. The highest BCUT2D eigenvalue weighted by molar-refractivity contribution is 9.08. The first kappa shape index (κ1) is 14.5. The van der Waals surface area contributed by atoms with Gasteiger partial charge in [0.05, 0.1) is 11.8 Å². The molecule has 0 aliphatic rings. The highest BCUT2D eigenvalue weighted by atomic mass is 79.9. The molecule has 0 heterocycles. The monoisotopic (exact) mass is 322 g/mol. The second-order valence-electron chi connectivity index (χ2n) is 3.32. The molecule has 4 nitrogen and oxygen atoms in total. The summed E-state index contributed by atoms with van der Waals surface area (Å²) in [5.74, 6) is -0.264. The summed E-state index contributed by atoms with van der Waals surface area (Å²) in [7, 11) is 0. The van der Waals surface area contributed by atoms with Crippen molar-refractivity contribution >= 4 is 28.1 Å². The predicted octanol–water partition coefficient (Wildman–Crippen LogP) is 2.21. The maximum absolute atomic E-state index is 12.7. The number of halogens is 4. The van der Waals surface area contributed by atoms with E-state index in [0.717, 1.165) is 12.3 Å². The average molecular weight is 323 g/mol. The van der Waals surface area contributed by atoms with Gasteiger partial charge in [0.2, 0.25) is 5.96 Å². The molecular weight excluding hydrogens is 313 g/mol. The third-order valence-corrected chi connectivity index (χ3v) is 2.57. The summed E-state index contributed by atoms with van der Waals surface area (Å²) in [5.41, 5.74) is 9.76. The van der Waals surface area contributed by atoms with E-state index in [1.807, 2.05) is 0 Å². The third-order valence-electron chi connectivity index (χ3n) is 1.96. The van der Waals surface area contributed by atoms with Crippen LogP contribution in [0.3, 0.4) is 0 Å². The fourth-order valence-corrected chi connectivity index (χ4v) is 1.71. The van der Waals surface area contributed by atoms with E-state index in [0.29, 0.717) is 0 Å². The molecule has 0 aliphatic carbocycles. The molecule has 1 rings (SSSR count). The number of alkyl halides is 4. The summed E-state index contributed by atoms with van der Waals surface area (Å²) in [6, 6.07) is 3.86. The van der Waals surface area contributed by atoms with Crippen molar-refractivity contribution in [2.45, 2.75) is 11.5 Å². The molecule has 0 amide bonds. The highest BCUT2D eigenvalue weighted by Crippen LogP contribution is 2.33. The molecule has 0 fully saturated rings. The summed E-state index contributed by atoms with van der Waals surface area (Å²) in [6.07, 6.45) is -3.27. The van der Waals surface area contributed by atoms with E-state index in [-0.39, 0.29) is 22.4 Å². The van der Waals surface area contributed by atoms with Gasteiger partial charge in [-0.2, -0.15) is 18.3 Å². The normalized spacial score (nSPS) is 11.8. The molecule has 0 aromatic heterocycles. The fourth-order valence-electron chi connectivity index (χ4n) is 1.22. The Morgan fingerprint density at radius 3 is 2.50 bits per heavy atom. The van der Waals surface area contributed by atoms with Gasteiger partial charge in [-0.15, -0.1) is 5.10 Å². The molecule has 0 aliphatic heterocycles. The summed E-state index contributed by atoms with van der Waals surface area (Å²) in [5, 5.41) is 6.88. The molecule has 4 N–H and O–H groups in total.